The first-order chi connectivity index (χ1) is 8.74. The summed E-state index contributed by atoms with van der Waals surface area (Å²) >= 11 is 0. The van der Waals surface area contributed by atoms with E-state index < -0.39 is 10.5 Å². The minimum absolute atomic E-state index is 0.150. The molecule has 0 aliphatic heterocycles. The van der Waals surface area contributed by atoms with E-state index in [-0.39, 0.29) is 23.8 Å². The van der Waals surface area contributed by atoms with Crippen molar-refractivity contribution in [2.45, 2.75) is 26.3 Å². The average Bonchev–Trinajstić information content (AvgIpc) is 2.36. The molecule has 0 unspecified atom stereocenters. The van der Waals surface area contributed by atoms with Crippen LogP contribution < -0.4 is 10.2 Å². The Labute approximate surface area is 111 Å². The maximum atomic E-state index is 11.2. The van der Waals surface area contributed by atoms with Gasteiger partial charge in [0.05, 0.1) is 17.1 Å². The number of nitrogens with zero attached hydrogens (tertiary/aromatic N) is 4. The molecular formula is C11H19N5O3. The van der Waals surface area contributed by atoms with Crippen molar-refractivity contribution < 1.29 is 10.0 Å². The number of rotatable bonds is 5. The van der Waals surface area contributed by atoms with Crippen molar-refractivity contribution in [2.24, 2.45) is 0 Å². The number of hydrogen-bond donors (Lipinski definition) is 2. The molecule has 1 rings (SSSR count). The summed E-state index contributed by atoms with van der Waals surface area (Å²) in [5, 5.41) is 23.3. The van der Waals surface area contributed by atoms with E-state index in [4.69, 9.17) is 0 Å². The van der Waals surface area contributed by atoms with Crippen LogP contribution in [0, 0.1) is 17.0 Å². The Kier molecular flexibility index (Phi) is 4.25. The highest BCUT2D eigenvalue weighted by molar-refractivity contribution is 5.63. The lowest BCUT2D eigenvalue weighted by molar-refractivity contribution is -0.385. The molecule has 0 fully saturated rings. The summed E-state index contributed by atoms with van der Waals surface area (Å²) in [6, 6.07) is 0. The van der Waals surface area contributed by atoms with Crippen molar-refractivity contribution in [3.05, 3.63) is 15.8 Å². The molecule has 0 bridgehead atoms. The van der Waals surface area contributed by atoms with Gasteiger partial charge in [-0.25, -0.2) is 4.98 Å². The Bertz CT molecular complexity index is 489. The fraction of sp³-hybridized carbons (Fsp3) is 0.636. The zero-order valence-corrected chi connectivity index (χ0v) is 11.8. The minimum atomic E-state index is -0.670. The number of nitrogens with one attached hydrogen (secondary N) is 1. The quantitative estimate of drug-likeness (QED) is 0.605. The van der Waals surface area contributed by atoms with Crippen LogP contribution in [0.4, 0.5) is 17.5 Å². The summed E-state index contributed by atoms with van der Waals surface area (Å²) in [5.74, 6) is 0.486. The van der Waals surface area contributed by atoms with Gasteiger partial charge in [-0.05, 0) is 20.8 Å². The van der Waals surface area contributed by atoms with Gasteiger partial charge in [-0.3, -0.25) is 10.1 Å². The Morgan fingerprint density at radius 2 is 2.05 bits per heavy atom. The lowest BCUT2D eigenvalue weighted by Crippen LogP contribution is -2.45. The van der Waals surface area contributed by atoms with Crippen molar-refractivity contribution in [3.8, 4) is 0 Å². The topological polar surface area (TPSA) is 104 Å². The van der Waals surface area contributed by atoms with E-state index in [1.165, 1.54) is 0 Å². The van der Waals surface area contributed by atoms with Crippen LogP contribution in [0.3, 0.4) is 0 Å². The van der Waals surface area contributed by atoms with Crippen LogP contribution in [0.5, 0.6) is 0 Å². The fourth-order valence-corrected chi connectivity index (χ4v) is 1.50. The van der Waals surface area contributed by atoms with E-state index in [1.54, 1.807) is 39.8 Å². The Morgan fingerprint density at radius 1 is 1.47 bits per heavy atom. The zero-order chi connectivity index (χ0) is 14.8. The summed E-state index contributed by atoms with van der Waals surface area (Å²) in [5.41, 5.74) is -0.542. The van der Waals surface area contributed by atoms with Crippen LogP contribution >= 0.6 is 0 Å². The maximum Gasteiger partial charge on any atom is 0.332 e. The van der Waals surface area contributed by atoms with E-state index in [2.05, 4.69) is 15.3 Å². The monoisotopic (exact) mass is 269 g/mol. The van der Waals surface area contributed by atoms with Crippen LogP contribution in [-0.4, -0.2) is 46.2 Å². The number of aliphatic hydroxyl groups is 1. The van der Waals surface area contributed by atoms with Crippen LogP contribution in [0.1, 0.15) is 19.5 Å². The molecule has 19 heavy (non-hydrogen) atoms. The Balaban J connectivity index is 3.47. The smallest absolute Gasteiger partial charge is 0.332 e. The molecule has 8 heteroatoms. The highest BCUT2D eigenvalue weighted by Crippen LogP contribution is 2.32. The molecule has 0 aliphatic rings. The number of hydrogen-bond acceptors (Lipinski definition) is 7. The highest BCUT2D eigenvalue weighted by atomic mass is 16.6. The zero-order valence-electron chi connectivity index (χ0n) is 11.8. The molecule has 1 aromatic rings. The molecule has 0 aliphatic carbocycles. The van der Waals surface area contributed by atoms with Crippen LogP contribution in [0.2, 0.25) is 0 Å². The van der Waals surface area contributed by atoms with E-state index in [0.29, 0.717) is 5.95 Å². The minimum Gasteiger partial charge on any atom is -0.394 e. The van der Waals surface area contributed by atoms with E-state index in [0.717, 1.165) is 0 Å². The number of nitro groups is 1. The van der Waals surface area contributed by atoms with Gasteiger partial charge < -0.3 is 15.3 Å². The standard InChI is InChI=1S/C11H19N5O3/c1-7-8(16(18)19)9(14-10(12-4)13-7)15(5)11(2,3)6-17/h17H,6H2,1-5H3,(H,12,13,14). The molecule has 1 aromatic heterocycles. The third-order valence-corrected chi connectivity index (χ3v) is 3.06. The second-order valence-electron chi connectivity index (χ2n) is 4.84. The number of aromatic nitrogens is 2. The van der Waals surface area contributed by atoms with E-state index in [1.807, 2.05) is 0 Å². The van der Waals surface area contributed by atoms with Gasteiger partial charge in [0.2, 0.25) is 11.8 Å². The number of aliphatic hydroxyl groups excluding tert-OH is 1. The van der Waals surface area contributed by atoms with Gasteiger partial charge in [0.25, 0.3) is 0 Å². The van der Waals surface area contributed by atoms with Gasteiger partial charge in [0.15, 0.2) is 0 Å². The van der Waals surface area contributed by atoms with E-state index >= 15 is 0 Å². The summed E-state index contributed by atoms with van der Waals surface area (Å²) in [4.78, 5) is 20.4. The normalized spacial score (nSPS) is 11.3. The lowest BCUT2D eigenvalue weighted by atomic mass is 10.1. The second-order valence-corrected chi connectivity index (χ2v) is 4.84. The maximum absolute atomic E-state index is 11.2. The van der Waals surface area contributed by atoms with Gasteiger partial charge in [0, 0.05) is 14.1 Å². The lowest BCUT2D eigenvalue weighted by Gasteiger charge is -2.34. The first-order valence-electron chi connectivity index (χ1n) is 5.80. The van der Waals surface area contributed by atoms with Crippen molar-refractivity contribution >= 4 is 17.5 Å². The van der Waals surface area contributed by atoms with Crippen LogP contribution in [-0.2, 0) is 0 Å². The first-order valence-corrected chi connectivity index (χ1v) is 5.80. The van der Waals surface area contributed by atoms with Crippen molar-refractivity contribution in [1.82, 2.24) is 9.97 Å². The number of likely N-dealkylation sites (N-methyl/N-ethyl adjacent to an activating group) is 1. The molecule has 0 saturated carbocycles. The molecule has 0 atom stereocenters. The van der Waals surface area contributed by atoms with Gasteiger partial charge in [-0.1, -0.05) is 0 Å². The van der Waals surface area contributed by atoms with Crippen molar-refractivity contribution in [3.63, 3.8) is 0 Å². The van der Waals surface area contributed by atoms with Gasteiger partial charge >= 0.3 is 5.69 Å². The Hall–Kier alpha value is -1.96. The second kappa shape index (κ2) is 5.35. The summed E-state index contributed by atoms with van der Waals surface area (Å²) in [7, 11) is 3.30. The predicted octanol–water partition coefficient (Wildman–Crippen LogP) is 0.942. The number of anilines is 2. The number of aryl methyl sites for hydroxylation is 1. The molecule has 1 heterocycles. The molecule has 0 aromatic carbocycles. The SMILES string of the molecule is CNc1nc(C)c([N+](=O)[O-])c(N(C)C(C)(C)CO)n1. The summed E-state index contributed by atoms with van der Waals surface area (Å²) in [6.07, 6.45) is 0. The third kappa shape index (κ3) is 2.90. The molecular weight excluding hydrogens is 250 g/mol. The molecule has 0 amide bonds. The van der Waals surface area contributed by atoms with Crippen LogP contribution in [0.15, 0.2) is 0 Å². The molecule has 0 spiro atoms. The van der Waals surface area contributed by atoms with Crippen molar-refractivity contribution in [1.29, 1.82) is 0 Å². The van der Waals surface area contributed by atoms with Crippen LogP contribution in [0.25, 0.3) is 0 Å². The van der Waals surface area contributed by atoms with Gasteiger partial charge in [-0.2, -0.15) is 4.98 Å². The molecule has 0 saturated heterocycles. The largest absolute Gasteiger partial charge is 0.394 e. The van der Waals surface area contributed by atoms with E-state index in [9.17, 15) is 15.2 Å². The Morgan fingerprint density at radius 3 is 2.47 bits per heavy atom. The third-order valence-electron chi connectivity index (χ3n) is 3.06. The summed E-state index contributed by atoms with van der Waals surface area (Å²) in [6.45, 7) is 4.95. The van der Waals surface area contributed by atoms with Crippen molar-refractivity contribution in [2.75, 3.05) is 30.9 Å². The fourth-order valence-electron chi connectivity index (χ4n) is 1.50. The summed E-state index contributed by atoms with van der Waals surface area (Å²) < 4.78 is 0. The van der Waals surface area contributed by atoms with Gasteiger partial charge in [-0.15, -0.1) is 0 Å². The molecule has 2 N–H and O–H groups in total. The predicted molar refractivity (Wildman–Crippen MR) is 72.5 cm³/mol. The molecule has 0 radical (unpaired) electrons. The molecule has 106 valence electrons. The van der Waals surface area contributed by atoms with Gasteiger partial charge in [0.1, 0.15) is 5.69 Å². The molecule has 8 nitrogen and oxygen atoms in total. The average molecular weight is 269 g/mol. The first kappa shape index (κ1) is 15.1. The highest BCUT2D eigenvalue weighted by Gasteiger charge is 2.32.